The van der Waals surface area contributed by atoms with Crippen LogP contribution in [0.4, 0.5) is 0 Å². The summed E-state index contributed by atoms with van der Waals surface area (Å²) in [4.78, 5) is 36.8. The fourth-order valence-corrected chi connectivity index (χ4v) is 4.06. The molecule has 6 heteroatoms. The minimum atomic E-state index is -1.02. The Bertz CT molecular complexity index is 601. The zero-order valence-corrected chi connectivity index (χ0v) is 13.9. The van der Waals surface area contributed by atoms with Crippen LogP contribution in [-0.2, 0) is 28.6 Å². The second kappa shape index (κ2) is 4.82. The van der Waals surface area contributed by atoms with Crippen molar-refractivity contribution in [3.8, 4) is 0 Å². The van der Waals surface area contributed by atoms with Gasteiger partial charge in [-0.25, -0.2) is 4.79 Å². The molecule has 0 aromatic rings. The second-order valence-corrected chi connectivity index (χ2v) is 7.80. The van der Waals surface area contributed by atoms with Gasteiger partial charge in [0.1, 0.15) is 17.1 Å². The fourth-order valence-electron chi connectivity index (χ4n) is 4.06. The topological polar surface area (TPSA) is 78.9 Å². The molecule has 126 valence electrons. The number of rotatable bonds is 3. The molecule has 0 aromatic carbocycles. The average molecular weight is 322 g/mol. The number of esters is 3. The number of fused-ring (bicyclic) bond motifs is 1. The van der Waals surface area contributed by atoms with Gasteiger partial charge in [0.05, 0.1) is 5.92 Å². The zero-order chi connectivity index (χ0) is 17.2. The minimum Gasteiger partial charge on any atom is -0.459 e. The van der Waals surface area contributed by atoms with Crippen molar-refractivity contribution < 1.29 is 28.6 Å². The Labute approximate surface area is 135 Å². The van der Waals surface area contributed by atoms with Crippen LogP contribution in [0, 0.1) is 17.3 Å². The van der Waals surface area contributed by atoms with E-state index in [0.717, 1.165) is 0 Å². The molecule has 0 spiro atoms. The van der Waals surface area contributed by atoms with Crippen molar-refractivity contribution in [3.05, 3.63) is 12.2 Å². The van der Waals surface area contributed by atoms with Gasteiger partial charge in [-0.3, -0.25) is 9.59 Å². The van der Waals surface area contributed by atoms with E-state index in [2.05, 4.69) is 6.58 Å². The van der Waals surface area contributed by atoms with Crippen LogP contribution in [0.3, 0.4) is 0 Å². The van der Waals surface area contributed by atoms with E-state index in [1.807, 2.05) is 0 Å². The Hall–Kier alpha value is -1.85. The summed E-state index contributed by atoms with van der Waals surface area (Å²) >= 11 is 0. The molecule has 2 saturated carbocycles. The Balaban J connectivity index is 1.90. The van der Waals surface area contributed by atoms with Gasteiger partial charge in [0, 0.05) is 11.5 Å². The normalized spacial score (nSPS) is 37.5. The molecule has 3 fully saturated rings. The van der Waals surface area contributed by atoms with Crippen molar-refractivity contribution in [2.24, 2.45) is 17.3 Å². The SMILES string of the molecule is C=C(C)C(=O)OC1C2CC3C(=O)OC1C3(C(=O)OC(C)(C)C)C2. The summed E-state index contributed by atoms with van der Waals surface area (Å²) in [6.45, 7) is 10.5. The maximum atomic E-state index is 12.8. The van der Waals surface area contributed by atoms with Gasteiger partial charge in [-0.1, -0.05) is 6.58 Å². The van der Waals surface area contributed by atoms with Crippen LogP contribution in [-0.4, -0.2) is 35.7 Å². The van der Waals surface area contributed by atoms with Crippen molar-refractivity contribution in [1.29, 1.82) is 0 Å². The molecule has 5 unspecified atom stereocenters. The van der Waals surface area contributed by atoms with Crippen LogP contribution in [0.5, 0.6) is 0 Å². The molecule has 2 bridgehead atoms. The lowest BCUT2D eigenvalue weighted by Gasteiger charge is -2.33. The van der Waals surface area contributed by atoms with Gasteiger partial charge in [0.15, 0.2) is 6.10 Å². The zero-order valence-electron chi connectivity index (χ0n) is 13.9. The lowest BCUT2D eigenvalue weighted by molar-refractivity contribution is -0.177. The van der Waals surface area contributed by atoms with E-state index in [0.29, 0.717) is 12.8 Å². The van der Waals surface area contributed by atoms with Gasteiger partial charge in [0.2, 0.25) is 0 Å². The Kier molecular flexibility index (Phi) is 3.36. The van der Waals surface area contributed by atoms with Gasteiger partial charge < -0.3 is 14.2 Å². The van der Waals surface area contributed by atoms with Gasteiger partial charge >= 0.3 is 17.9 Å². The number of carbonyl (C=O) groups excluding carboxylic acids is 3. The largest absolute Gasteiger partial charge is 0.459 e. The van der Waals surface area contributed by atoms with Crippen LogP contribution in [0.1, 0.15) is 40.5 Å². The second-order valence-electron chi connectivity index (χ2n) is 7.80. The van der Waals surface area contributed by atoms with E-state index in [-0.39, 0.29) is 11.5 Å². The molecule has 1 heterocycles. The first-order valence-electron chi connectivity index (χ1n) is 7.86. The molecular formula is C17H22O6. The molecule has 23 heavy (non-hydrogen) atoms. The molecule has 5 atom stereocenters. The van der Waals surface area contributed by atoms with E-state index in [1.165, 1.54) is 0 Å². The van der Waals surface area contributed by atoms with Crippen molar-refractivity contribution in [2.75, 3.05) is 0 Å². The van der Waals surface area contributed by atoms with E-state index < -0.39 is 47.0 Å². The lowest BCUT2D eigenvalue weighted by atomic mass is 9.74. The van der Waals surface area contributed by atoms with Crippen molar-refractivity contribution in [3.63, 3.8) is 0 Å². The van der Waals surface area contributed by atoms with E-state index in [4.69, 9.17) is 14.2 Å². The maximum absolute atomic E-state index is 12.8. The number of hydrogen-bond donors (Lipinski definition) is 0. The van der Waals surface area contributed by atoms with Gasteiger partial charge in [-0.2, -0.15) is 0 Å². The minimum absolute atomic E-state index is 0.0627. The molecule has 1 aliphatic heterocycles. The maximum Gasteiger partial charge on any atom is 0.333 e. The Morgan fingerprint density at radius 2 is 2.00 bits per heavy atom. The third-order valence-electron chi connectivity index (χ3n) is 4.93. The monoisotopic (exact) mass is 322 g/mol. The molecule has 3 aliphatic rings. The van der Waals surface area contributed by atoms with E-state index in [9.17, 15) is 14.4 Å². The highest BCUT2D eigenvalue weighted by Gasteiger charge is 2.76. The third kappa shape index (κ3) is 2.26. The Morgan fingerprint density at radius 3 is 2.57 bits per heavy atom. The van der Waals surface area contributed by atoms with Crippen molar-refractivity contribution in [1.82, 2.24) is 0 Å². The summed E-state index contributed by atoms with van der Waals surface area (Å²) in [5, 5.41) is 0. The predicted molar refractivity (Wildman–Crippen MR) is 79.1 cm³/mol. The van der Waals surface area contributed by atoms with Crippen LogP contribution in [0.15, 0.2) is 12.2 Å². The van der Waals surface area contributed by atoms with Crippen LogP contribution in [0.25, 0.3) is 0 Å². The average Bonchev–Trinajstić information content (AvgIpc) is 2.97. The molecule has 6 nitrogen and oxygen atoms in total. The number of carbonyl (C=O) groups is 3. The molecule has 0 amide bonds. The molecule has 2 aliphatic carbocycles. The molecular weight excluding hydrogens is 300 g/mol. The number of hydrogen-bond acceptors (Lipinski definition) is 6. The van der Waals surface area contributed by atoms with Gasteiger partial charge in [-0.05, 0) is 40.5 Å². The van der Waals surface area contributed by atoms with Crippen LogP contribution >= 0.6 is 0 Å². The van der Waals surface area contributed by atoms with Crippen LogP contribution in [0.2, 0.25) is 0 Å². The smallest absolute Gasteiger partial charge is 0.333 e. The summed E-state index contributed by atoms with van der Waals surface area (Å²) in [7, 11) is 0. The molecule has 1 saturated heterocycles. The van der Waals surface area contributed by atoms with Crippen molar-refractivity contribution in [2.45, 2.75) is 58.3 Å². The summed E-state index contributed by atoms with van der Waals surface area (Å²) < 4.78 is 16.4. The van der Waals surface area contributed by atoms with Gasteiger partial charge in [-0.15, -0.1) is 0 Å². The lowest BCUT2D eigenvalue weighted by Crippen LogP contribution is -2.48. The van der Waals surface area contributed by atoms with Crippen molar-refractivity contribution >= 4 is 17.9 Å². The first-order valence-corrected chi connectivity index (χ1v) is 7.86. The fraction of sp³-hybridized carbons (Fsp3) is 0.706. The standard InChI is InChI=1S/C17H22O6/c1-8(2)13(18)21-11-9-6-10-14(19)22-12(11)17(10,7-9)15(20)23-16(3,4)5/h9-12H,1,6-7H2,2-5H3. The molecule has 0 radical (unpaired) electrons. The molecule has 0 aromatic heterocycles. The quantitative estimate of drug-likeness (QED) is 0.447. The van der Waals surface area contributed by atoms with Crippen LogP contribution < -0.4 is 0 Å². The Morgan fingerprint density at radius 1 is 1.35 bits per heavy atom. The highest BCUT2D eigenvalue weighted by atomic mass is 16.6. The predicted octanol–water partition coefficient (Wildman–Crippen LogP) is 1.77. The molecule has 0 N–H and O–H groups in total. The molecule has 3 rings (SSSR count). The first-order chi connectivity index (χ1) is 10.6. The van der Waals surface area contributed by atoms with E-state index in [1.54, 1.807) is 27.7 Å². The summed E-state index contributed by atoms with van der Waals surface area (Å²) in [5.74, 6) is -1.90. The summed E-state index contributed by atoms with van der Waals surface area (Å²) in [5.41, 5.74) is -1.39. The first kappa shape index (κ1) is 16.0. The third-order valence-corrected chi connectivity index (χ3v) is 4.93. The van der Waals surface area contributed by atoms with Gasteiger partial charge in [0.25, 0.3) is 0 Å². The number of ether oxygens (including phenoxy) is 3. The summed E-state index contributed by atoms with van der Waals surface area (Å²) in [6, 6.07) is 0. The summed E-state index contributed by atoms with van der Waals surface area (Å²) in [6.07, 6.45) is -0.411. The van der Waals surface area contributed by atoms with E-state index >= 15 is 0 Å². The highest BCUT2D eigenvalue weighted by Crippen LogP contribution is 2.64. The highest BCUT2D eigenvalue weighted by molar-refractivity contribution is 5.92.